The zero-order valence-corrected chi connectivity index (χ0v) is 11.7. The normalized spacial score (nSPS) is 13.2. The van der Waals surface area contributed by atoms with E-state index in [2.05, 4.69) is 15.9 Å². The Kier molecular flexibility index (Phi) is 2.87. The summed E-state index contributed by atoms with van der Waals surface area (Å²) in [5.41, 5.74) is 2.02. The first-order valence-corrected chi connectivity index (χ1v) is 7.05. The Morgan fingerprint density at radius 3 is 3.00 bits per heavy atom. The fourth-order valence-electron chi connectivity index (χ4n) is 2.02. The lowest BCUT2D eigenvalue weighted by atomic mass is 10.1. The maximum Gasteiger partial charge on any atom is 0.345 e. The van der Waals surface area contributed by atoms with Crippen LogP contribution in [0.2, 0.25) is 0 Å². The van der Waals surface area contributed by atoms with Gasteiger partial charge in [-0.05, 0) is 29.8 Å². The third-order valence-electron chi connectivity index (χ3n) is 2.83. The zero-order valence-electron chi connectivity index (χ0n) is 9.27. The van der Waals surface area contributed by atoms with E-state index in [-0.39, 0.29) is 0 Å². The van der Waals surface area contributed by atoms with Crippen molar-refractivity contribution < 1.29 is 14.6 Å². The highest BCUT2D eigenvalue weighted by molar-refractivity contribution is 9.10. The average molecular weight is 325 g/mol. The van der Waals surface area contributed by atoms with Crippen LogP contribution in [0.4, 0.5) is 0 Å². The number of halogens is 1. The summed E-state index contributed by atoms with van der Waals surface area (Å²) < 4.78 is 6.64. The van der Waals surface area contributed by atoms with Crippen molar-refractivity contribution in [1.82, 2.24) is 0 Å². The molecule has 1 aromatic carbocycles. The lowest BCUT2D eigenvalue weighted by Gasteiger charge is -2.06. The average Bonchev–Trinajstić information content (AvgIpc) is 2.68. The van der Waals surface area contributed by atoms with Crippen molar-refractivity contribution in [3.05, 3.63) is 39.2 Å². The van der Waals surface area contributed by atoms with Crippen LogP contribution in [-0.4, -0.2) is 17.7 Å². The monoisotopic (exact) mass is 324 g/mol. The third kappa shape index (κ3) is 1.93. The van der Waals surface area contributed by atoms with Crippen molar-refractivity contribution in [1.29, 1.82) is 0 Å². The number of carboxylic acid groups (broad SMARTS) is 1. The molecule has 0 fully saturated rings. The lowest BCUT2D eigenvalue weighted by Crippen LogP contribution is -1.98. The van der Waals surface area contributed by atoms with Crippen molar-refractivity contribution in [2.75, 3.05) is 6.61 Å². The Balaban J connectivity index is 2.22. The highest BCUT2D eigenvalue weighted by atomic mass is 79.9. The molecular formula is C13H9BrO3S. The Hall–Kier alpha value is -1.33. The molecule has 2 heterocycles. The molecule has 18 heavy (non-hydrogen) atoms. The van der Waals surface area contributed by atoms with Crippen LogP contribution in [0.5, 0.6) is 5.75 Å². The Labute approximate surface area is 116 Å². The largest absolute Gasteiger partial charge is 0.493 e. The van der Waals surface area contributed by atoms with Gasteiger partial charge in [-0.15, -0.1) is 11.3 Å². The van der Waals surface area contributed by atoms with Gasteiger partial charge in [-0.25, -0.2) is 4.79 Å². The molecule has 0 aliphatic carbocycles. The number of benzene rings is 1. The van der Waals surface area contributed by atoms with E-state index in [0.29, 0.717) is 11.5 Å². The number of carboxylic acids is 1. The van der Waals surface area contributed by atoms with Gasteiger partial charge in [-0.3, -0.25) is 0 Å². The second-order valence-corrected chi connectivity index (χ2v) is 5.98. The molecule has 2 aromatic rings. The van der Waals surface area contributed by atoms with Crippen LogP contribution in [-0.2, 0) is 6.42 Å². The summed E-state index contributed by atoms with van der Waals surface area (Å²) in [4.78, 5) is 12.4. The smallest absolute Gasteiger partial charge is 0.345 e. The predicted molar refractivity (Wildman–Crippen MR) is 73.6 cm³/mol. The number of hydrogen-bond acceptors (Lipinski definition) is 3. The molecule has 1 N–H and O–H groups in total. The van der Waals surface area contributed by atoms with E-state index >= 15 is 0 Å². The van der Waals surface area contributed by atoms with Gasteiger partial charge in [-0.1, -0.05) is 15.9 Å². The fraction of sp³-hybridized carbons (Fsp3) is 0.154. The van der Waals surface area contributed by atoms with Crippen LogP contribution in [0.1, 0.15) is 15.2 Å². The van der Waals surface area contributed by atoms with Gasteiger partial charge in [-0.2, -0.15) is 0 Å². The van der Waals surface area contributed by atoms with Crippen LogP contribution >= 0.6 is 27.3 Å². The summed E-state index contributed by atoms with van der Waals surface area (Å²) in [6.45, 7) is 0.581. The minimum Gasteiger partial charge on any atom is -0.493 e. The first kappa shape index (κ1) is 11.7. The molecule has 0 radical (unpaired) electrons. The summed E-state index contributed by atoms with van der Waals surface area (Å²) >= 11 is 4.74. The Bertz CT molecular complexity index is 633. The second-order valence-electron chi connectivity index (χ2n) is 4.01. The maximum atomic E-state index is 11.1. The second kappa shape index (κ2) is 4.40. The minimum atomic E-state index is -0.870. The van der Waals surface area contributed by atoms with E-state index in [4.69, 9.17) is 9.84 Å². The Morgan fingerprint density at radius 1 is 1.39 bits per heavy atom. The number of rotatable bonds is 1. The Morgan fingerprint density at radius 2 is 2.22 bits per heavy atom. The molecule has 5 heteroatoms. The van der Waals surface area contributed by atoms with Gasteiger partial charge in [0.2, 0.25) is 0 Å². The number of hydrogen-bond donors (Lipinski definition) is 1. The molecule has 1 aromatic heterocycles. The van der Waals surface area contributed by atoms with E-state index < -0.39 is 5.97 Å². The van der Waals surface area contributed by atoms with Gasteiger partial charge >= 0.3 is 5.97 Å². The van der Waals surface area contributed by atoms with E-state index in [1.54, 1.807) is 6.07 Å². The topological polar surface area (TPSA) is 46.5 Å². The molecule has 3 rings (SSSR count). The third-order valence-corrected chi connectivity index (χ3v) is 4.53. The molecule has 0 atom stereocenters. The summed E-state index contributed by atoms with van der Waals surface area (Å²) in [5.74, 6) is -0.0544. The highest BCUT2D eigenvalue weighted by Crippen LogP contribution is 2.41. The van der Waals surface area contributed by atoms with Crippen LogP contribution in [0.25, 0.3) is 10.4 Å². The zero-order chi connectivity index (χ0) is 12.7. The van der Waals surface area contributed by atoms with Gasteiger partial charge in [0.15, 0.2) is 0 Å². The molecule has 1 aliphatic rings. The molecule has 0 bridgehead atoms. The van der Waals surface area contributed by atoms with Gasteiger partial charge in [0.1, 0.15) is 10.6 Å². The van der Waals surface area contributed by atoms with Crippen LogP contribution in [0.3, 0.4) is 0 Å². The van der Waals surface area contributed by atoms with Gasteiger partial charge in [0.05, 0.1) is 6.61 Å². The van der Waals surface area contributed by atoms with Gasteiger partial charge in [0, 0.05) is 21.3 Å². The van der Waals surface area contributed by atoms with Gasteiger partial charge < -0.3 is 9.84 Å². The first-order chi connectivity index (χ1) is 8.65. The molecule has 3 nitrogen and oxygen atoms in total. The molecule has 0 saturated carbocycles. The quantitative estimate of drug-likeness (QED) is 0.867. The fourth-order valence-corrected chi connectivity index (χ4v) is 3.46. The highest BCUT2D eigenvalue weighted by Gasteiger charge is 2.20. The van der Waals surface area contributed by atoms with Crippen molar-refractivity contribution in [3.8, 4) is 16.2 Å². The number of aromatic carboxylic acids is 1. The summed E-state index contributed by atoms with van der Waals surface area (Å²) in [6, 6.07) is 7.56. The standard InChI is InChI=1S/C13H9BrO3S/c14-8-1-2-10-9(6-8)12-7(3-4-17-10)5-11(18-12)13(15)16/h1-2,5-6H,3-4H2,(H,15,16). The van der Waals surface area contributed by atoms with Crippen molar-refractivity contribution in [2.45, 2.75) is 6.42 Å². The van der Waals surface area contributed by atoms with Crippen LogP contribution in [0.15, 0.2) is 28.7 Å². The number of fused-ring (bicyclic) bond motifs is 3. The van der Waals surface area contributed by atoms with E-state index in [1.165, 1.54) is 11.3 Å². The molecular weight excluding hydrogens is 316 g/mol. The molecule has 0 amide bonds. The summed E-state index contributed by atoms with van der Waals surface area (Å²) in [5, 5.41) is 9.08. The lowest BCUT2D eigenvalue weighted by molar-refractivity contribution is 0.0702. The van der Waals surface area contributed by atoms with Crippen LogP contribution in [0, 0.1) is 0 Å². The van der Waals surface area contributed by atoms with Crippen molar-refractivity contribution >= 4 is 33.2 Å². The van der Waals surface area contributed by atoms with E-state index in [0.717, 1.165) is 32.6 Å². The van der Waals surface area contributed by atoms with E-state index in [9.17, 15) is 4.79 Å². The van der Waals surface area contributed by atoms with E-state index in [1.807, 2.05) is 18.2 Å². The number of thiophene rings is 1. The van der Waals surface area contributed by atoms with Crippen molar-refractivity contribution in [3.63, 3.8) is 0 Å². The summed E-state index contributed by atoms with van der Waals surface area (Å²) in [7, 11) is 0. The maximum absolute atomic E-state index is 11.1. The van der Waals surface area contributed by atoms with Gasteiger partial charge in [0.25, 0.3) is 0 Å². The molecule has 92 valence electrons. The number of carbonyl (C=O) groups is 1. The number of ether oxygens (including phenoxy) is 1. The predicted octanol–water partition coefficient (Wildman–Crippen LogP) is 3.81. The molecule has 0 saturated heterocycles. The van der Waals surface area contributed by atoms with Crippen molar-refractivity contribution in [2.24, 2.45) is 0 Å². The molecule has 0 unspecified atom stereocenters. The first-order valence-electron chi connectivity index (χ1n) is 5.44. The molecule has 1 aliphatic heterocycles. The minimum absolute atomic E-state index is 0.382. The SMILES string of the molecule is O=C(O)c1cc2c(s1)-c1cc(Br)ccc1OCC2. The molecule has 0 spiro atoms. The summed E-state index contributed by atoms with van der Waals surface area (Å²) in [6.07, 6.45) is 0.741. The van der Waals surface area contributed by atoms with Crippen LogP contribution < -0.4 is 4.74 Å².